The van der Waals surface area contributed by atoms with Gasteiger partial charge in [-0.2, -0.15) is 0 Å². The van der Waals surface area contributed by atoms with Gasteiger partial charge in [0.05, 0.1) is 12.4 Å². The van der Waals surface area contributed by atoms with E-state index in [9.17, 15) is 9.59 Å². The van der Waals surface area contributed by atoms with Crippen LogP contribution >= 0.6 is 11.8 Å². The molecular weight excluding hydrogens is 252 g/mol. The minimum atomic E-state index is -0.299. The fourth-order valence-corrected chi connectivity index (χ4v) is 2.09. The lowest BCUT2D eigenvalue weighted by molar-refractivity contribution is -0.139. The first-order valence-corrected chi connectivity index (χ1v) is 6.47. The number of carbonyl (C=O) groups is 2. The van der Waals surface area contributed by atoms with E-state index in [4.69, 9.17) is 10.5 Å². The first kappa shape index (κ1) is 14.4. The zero-order chi connectivity index (χ0) is 13.5. The number of ether oxygens (including phenoxy) is 1. The fourth-order valence-electron chi connectivity index (χ4n) is 1.28. The van der Waals surface area contributed by atoms with Crippen LogP contribution in [0.5, 0.6) is 0 Å². The molecule has 3 N–H and O–H groups in total. The molecule has 0 aliphatic heterocycles. The average Bonchev–Trinajstić information content (AvgIpc) is 2.37. The van der Waals surface area contributed by atoms with Gasteiger partial charge in [0, 0.05) is 23.2 Å². The van der Waals surface area contributed by atoms with Crippen LogP contribution in [0.15, 0.2) is 23.1 Å². The second kappa shape index (κ2) is 6.90. The Hall–Kier alpha value is -1.69. The lowest BCUT2D eigenvalue weighted by Crippen LogP contribution is -2.17. The number of anilines is 1. The third kappa shape index (κ3) is 3.96. The molecule has 0 bridgehead atoms. The Kier molecular flexibility index (Phi) is 5.51. The van der Waals surface area contributed by atoms with Crippen molar-refractivity contribution in [2.45, 2.75) is 11.8 Å². The van der Waals surface area contributed by atoms with E-state index in [1.807, 2.05) is 0 Å². The molecule has 0 radical (unpaired) electrons. The summed E-state index contributed by atoms with van der Waals surface area (Å²) in [5.74, 6) is -0.310. The van der Waals surface area contributed by atoms with Crippen LogP contribution in [0.3, 0.4) is 0 Å². The molecule has 1 rings (SSSR count). The van der Waals surface area contributed by atoms with Crippen LogP contribution in [0.25, 0.3) is 0 Å². The van der Waals surface area contributed by atoms with Gasteiger partial charge in [0.25, 0.3) is 5.91 Å². The molecule has 1 aromatic carbocycles. The van der Waals surface area contributed by atoms with Gasteiger partial charge < -0.3 is 15.8 Å². The highest BCUT2D eigenvalue weighted by atomic mass is 32.2. The van der Waals surface area contributed by atoms with Crippen LogP contribution < -0.4 is 11.1 Å². The Bertz CT molecular complexity index is 449. The molecule has 0 fully saturated rings. The molecule has 0 saturated heterocycles. The van der Waals surface area contributed by atoms with Crippen molar-refractivity contribution in [1.82, 2.24) is 5.32 Å². The number of nitrogen functional groups attached to an aromatic ring is 1. The van der Waals surface area contributed by atoms with E-state index < -0.39 is 0 Å². The molecule has 0 spiro atoms. The van der Waals surface area contributed by atoms with E-state index in [1.54, 1.807) is 32.2 Å². The van der Waals surface area contributed by atoms with Gasteiger partial charge in [0.15, 0.2) is 0 Å². The van der Waals surface area contributed by atoms with Crippen molar-refractivity contribution in [1.29, 1.82) is 0 Å². The van der Waals surface area contributed by atoms with E-state index in [-0.39, 0.29) is 17.6 Å². The van der Waals surface area contributed by atoms with E-state index in [0.29, 0.717) is 22.8 Å². The van der Waals surface area contributed by atoms with Crippen LogP contribution in [0.4, 0.5) is 5.69 Å². The van der Waals surface area contributed by atoms with Gasteiger partial charge in [0.1, 0.15) is 0 Å². The van der Waals surface area contributed by atoms with Crippen molar-refractivity contribution < 1.29 is 14.3 Å². The monoisotopic (exact) mass is 268 g/mol. The summed E-state index contributed by atoms with van der Waals surface area (Å²) in [5.41, 5.74) is 6.84. The maximum absolute atomic E-state index is 11.5. The van der Waals surface area contributed by atoms with Gasteiger partial charge in [-0.25, -0.2) is 0 Å². The molecule has 0 heterocycles. The second-order valence-corrected chi connectivity index (χ2v) is 4.44. The van der Waals surface area contributed by atoms with Crippen molar-refractivity contribution >= 4 is 29.3 Å². The van der Waals surface area contributed by atoms with Gasteiger partial charge in [-0.1, -0.05) is 0 Å². The van der Waals surface area contributed by atoms with Crippen LogP contribution in [-0.4, -0.2) is 31.3 Å². The summed E-state index contributed by atoms with van der Waals surface area (Å²) in [5, 5.41) is 2.53. The summed E-state index contributed by atoms with van der Waals surface area (Å²) in [6, 6.07) is 4.96. The lowest BCUT2D eigenvalue weighted by atomic mass is 10.2. The number of benzene rings is 1. The molecule has 6 heteroatoms. The van der Waals surface area contributed by atoms with Crippen molar-refractivity contribution in [3.05, 3.63) is 23.8 Å². The summed E-state index contributed by atoms with van der Waals surface area (Å²) < 4.78 is 4.82. The predicted molar refractivity (Wildman–Crippen MR) is 71.6 cm³/mol. The Balaban J connectivity index is 2.75. The van der Waals surface area contributed by atoms with Gasteiger partial charge in [-0.15, -0.1) is 11.8 Å². The molecule has 0 unspecified atom stereocenters. The topological polar surface area (TPSA) is 81.4 Å². The molecule has 5 nitrogen and oxygen atoms in total. The van der Waals surface area contributed by atoms with Crippen molar-refractivity contribution in [3.63, 3.8) is 0 Å². The molecule has 98 valence electrons. The van der Waals surface area contributed by atoms with Crippen LogP contribution in [-0.2, 0) is 9.53 Å². The molecule has 18 heavy (non-hydrogen) atoms. The van der Waals surface area contributed by atoms with E-state index >= 15 is 0 Å². The Labute approximate surface area is 110 Å². The number of esters is 1. The number of hydrogen-bond acceptors (Lipinski definition) is 5. The van der Waals surface area contributed by atoms with E-state index in [2.05, 4.69) is 5.32 Å². The highest BCUT2D eigenvalue weighted by Gasteiger charge is 2.09. The number of carbonyl (C=O) groups excluding carboxylic acids is 2. The maximum atomic E-state index is 11.5. The summed E-state index contributed by atoms with van der Waals surface area (Å²) in [6.45, 7) is 2.11. The molecule has 0 saturated carbocycles. The van der Waals surface area contributed by atoms with Crippen LogP contribution in [0.1, 0.15) is 17.3 Å². The first-order valence-electron chi connectivity index (χ1n) is 5.48. The second-order valence-electron chi connectivity index (χ2n) is 3.43. The number of nitrogens with one attached hydrogen (secondary N) is 1. The van der Waals surface area contributed by atoms with Gasteiger partial charge in [0.2, 0.25) is 0 Å². The van der Waals surface area contributed by atoms with Crippen molar-refractivity contribution in [2.75, 3.05) is 25.1 Å². The standard InChI is InChI=1S/C12H16N2O3S/c1-3-17-11(15)7-18-10-6-8(12(16)14-2)4-5-9(10)13/h4-6H,3,7,13H2,1-2H3,(H,14,16). The third-order valence-corrected chi connectivity index (χ3v) is 3.20. The molecule has 1 aromatic rings. The largest absolute Gasteiger partial charge is 0.465 e. The minimum absolute atomic E-state index is 0.176. The third-order valence-electron chi connectivity index (χ3n) is 2.15. The Morgan fingerprint density at radius 1 is 1.44 bits per heavy atom. The van der Waals surface area contributed by atoms with Crippen LogP contribution in [0, 0.1) is 0 Å². The quantitative estimate of drug-likeness (QED) is 0.477. The van der Waals surface area contributed by atoms with E-state index in [1.165, 1.54) is 11.8 Å². The number of nitrogens with two attached hydrogens (primary N) is 1. The molecule has 1 amide bonds. The predicted octanol–water partition coefficient (Wildman–Crippen LogP) is 1.28. The van der Waals surface area contributed by atoms with Crippen molar-refractivity contribution in [2.24, 2.45) is 0 Å². The first-order chi connectivity index (χ1) is 8.58. The normalized spacial score (nSPS) is 9.89. The summed E-state index contributed by atoms with van der Waals surface area (Å²) in [6.07, 6.45) is 0. The number of amides is 1. The highest BCUT2D eigenvalue weighted by Crippen LogP contribution is 2.26. The smallest absolute Gasteiger partial charge is 0.316 e. The van der Waals surface area contributed by atoms with Gasteiger partial charge >= 0.3 is 5.97 Å². The zero-order valence-corrected chi connectivity index (χ0v) is 11.2. The number of thioether (sulfide) groups is 1. The SMILES string of the molecule is CCOC(=O)CSc1cc(C(=O)NC)ccc1N. The molecular formula is C12H16N2O3S. The summed E-state index contributed by atoms with van der Waals surface area (Å²) in [4.78, 5) is 23.4. The fraction of sp³-hybridized carbons (Fsp3) is 0.333. The average molecular weight is 268 g/mol. The summed E-state index contributed by atoms with van der Waals surface area (Å²) >= 11 is 1.26. The maximum Gasteiger partial charge on any atom is 0.316 e. The lowest BCUT2D eigenvalue weighted by Gasteiger charge is -2.07. The summed E-state index contributed by atoms with van der Waals surface area (Å²) in [7, 11) is 1.56. The Morgan fingerprint density at radius 2 is 2.17 bits per heavy atom. The zero-order valence-electron chi connectivity index (χ0n) is 10.4. The molecule has 0 aromatic heterocycles. The van der Waals surface area contributed by atoms with Crippen molar-refractivity contribution in [3.8, 4) is 0 Å². The van der Waals surface area contributed by atoms with Crippen LogP contribution in [0.2, 0.25) is 0 Å². The van der Waals surface area contributed by atoms with Gasteiger partial charge in [-0.3, -0.25) is 9.59 Å². The highest BCUT2D eigenvalue weighted by molar-refractivity contribution is 8.00. The van der Waals surface area contributed by atoms with Gasteiger partial charge in [-0.05, 0) is 25.1 Å². The Morgan fingerprint density at radius 3 is 2.78 bits per heavy atom. The minimum Gasteiger partial charge on any atom is -0.465 e. The molecule has 0 aliphatic rings. The van der Waals surface area contributed by atoms with E-state index in [0.717, 1.165) is 0 Å². The molecule has 0 atom stereocenters. The number of rotatable bonds is 5. The molecule has 0 aliphatic carbocycles. The number of hydrogen-bond donors (Lipinski definition) is 2.